The molecule has 6 nitrogen and oxygen atoms in total. The number of benzene rings is 20. The highest BCUT2D eigenvalue weighted by molar-refractivity contribution is 6.04. The van der Waals surface area contributed by atoms with Gasteiger partial charge in [-0.15, -0.1) is 0 Å². The maximum Gasteiger partial charge on any atom is 0.0546 e. The zero-order valence-corrected chi connectivity index (χ0v) is 63.7. The van der Waals surface area contributed by atoms with Crippen molar-refractivity contribution in [1.82, 2.24) is 0 Å². The lowest BCUT2D eigenvalue weighted by Gasteiger charge is -2.30. The first-order valence-electron chi connectivity index (χ1n) is 39.6. The van der Waals surface area contributed by atoms with Crippen molar-refractivity contribution >= 4 is 156 Å². The molecule has 0 aliphatic rings. The summed E-state index contributed by atoms with van der Waals surface area (Å²) in [5, 5.41) is 11.9. The van der Waals surface area contributed by atoms with Crippen molar-refractivity contribution in [2.45, 2.75) is 0 Å². The molecular formula is C110H78N6. The van der Waals surface area contributed by atoms with Crippen LogP contribution >= 0.6 is 0 Å². The first kappa shape index (κ1) is 69.7. The highest BCUT2D eigenvalue weighted by Gasteiger charge is 2.24. The van der Waals surface area contributed by atoms with Gasteiger partial charge in [-0.25, -0.2) is 0 Å². The minimum absolute atomic E-state index is 1.01. The van der Waals surface area contributed by atoms with Gasteiger partial charge in [0, 0.05) is 102 Å². The summed E-state index contributed by atoms with van der Waals surface area (Å²) in [6.07, 6.45) is 0. The number of anilines is 18. The van der Waals surface area contributed by atoms with Gasteiger partial charge in [0.25, 0.3) is 0 Å². The van der Waals surface area contributed by atoms with E-state index < -0.39 is 0 Å². The van der Waals surface area contributed by atoms with Crippen molar-refractivity contribution in [3.63, 3.8) is 0 Å². The van der Waals surface area contributed by atoms with Gasteiger partial charge in [0.05, 0.1) is 11.4 Å². The molecule has 0 aliphatic heterocycles. The van der Waals surface area contributed by atoms with Crippen LogP contribution in [0.15, 0.2) is 473 Å². The maximum absolute atomic E-state index is 2.41. The van der Waals surface area contributed by atoms with Crippen LogP contribution in [0.3, 0.4) is 0 Å². The van der Waals surface area contributed by atoms with E-state index in [4.69, 9.17) is 0 Å². The molecule has 0 spiro atoms. The molecule has 0 atom stereocenters. The van der Waals surface area contributed by atoms with Crippen molar-refractivity contribution < 1.29 is 0 Å². The van der Waals surface area contributed by atoms with Crippen molar-refractivity contribution in [2.24, 2.45) is 0 Å². The Kier molecular flexibility index (Phi) is 18.6. The molecule has 0 bridgehead atoms. The molecule has 0 saturated heterocycles. The fourth-order valence-corrected chi connectivity index (χ4v) is 16.6. The van der Waals surface area contributed by atoms with Crippen LogP contribution in [0.5, 0.6) is 0 Å². The molecule has 0 amide bonds. The van der Waals surface area contributed by atoms with E-state index in [1.165, 1.54) is 43.1 Å². The predicted molar refractivity (Wildman–Crippen MR) is 493 cm³/mol. The number of hydrogen-bond acceptors (Lipinski definition) is 6. The Balaban J connectivity index is 0.651. The molecule has 0 N–H and O–H groups in total. The highest BCUT2D eigenvalue weighted by Crippen LogP contribution is 2.48. The predicted octanol–water partition coefficient (Wildman–Crippen LogP) is 31.6. The summed E-state index contributed by atoms with van der Waals surface area (Å²) >= 11 is 0. The fraction of sp³-hybridized carbons (Fsp3) is 0. The summed E-state index contributed by atoms with van der Waals surface area (Å²) in [6, 6.07) is 172. The van der Waals surface area contributed by atoms with Gasteiger partial charge in [0.1, 0.15) is 0 Å². The molecule has 20 aromatic rings. The third-order valence-electron chi connectivity index (χ3n) is 22.3. The van der Waals surface area contributed by atoms with Gasteiger partial charge in [0.15, 0.2) is 0 Å². The molecule has 6 heteroatoms. The topological polar surface area (TPSA) is 19.4 Å². The van der Waals surface area contributed by atoms with Gasteiger partial charge in [0.2, 0.25) is 0 Å². The zero-order valence-electron chi connectivity index (χ0n) is 63.7. The Morgan fingerprint density at radius 2 is 0.328 bits per heavy atom. The first-order chi connectivity index (χ1) is 57.5. The van der Waals surface area contributed by atoms with Gasteiger partial charge in [-0.05, 0) is 278 Å². The minimum Gasteiger partial charge on any atom is -0.310 e. The monoisotopic (exact) mass is 1480 g/mol. The third kappa shape index (κ3) is 13.8. The maximum atomic E-state index is 2.41. The van der Waals surface area contributed by atoms with Crippen molar-refractivity contribution in [3.8, 4) is 22.3 Å². The lowest BCUT2D eigenvalue weighted by molar-refractivity contribution is 1.24. The standard InChI is InChI=1S/C110H78N6/c1-5-33-91(34-6-1)112(104-59-50-79-24-13-16-28-86(79)75-104)99-68-62-96(63-69-99)111(97-64-70-100(71-65-97)113(92-35-7-2-8-36-92)105-60-51-80-25-14-17-29-87(80)76-105)98-66-72-101(73-67-98)114(106-61-52-81-26-15-18-30-88(81)77-106)95-53-48-84(49-54-95)90-74-89-31-20-22-42-108(89)110(78-90)116(94-39-11-4-12-40-94)103-57-46-83(47-58-103)82-44-55-102(56-45-82)115(93-37-9-3-10-38-93)109-43-23-32-85-27-19-21-41-107(85)109/h1-78H. The minimum atomic E-state index is 1.01. The van der Waals surface area contributed by atoms with E-state index in [0.717, 1.165) is 135 Å². The van der Waals surface area contributed by atoms with Gasteiger partial charge < -0.3 is 29.4 Å². The van der Waals surface area contributed by atoms with Gasteiger partial charge in [-0.1, -0.05) is 261 Å². The first-order valence-corrected chi connectivity index (χ1v) is 39.6. The van der Waals surface area contributed by atoms with Crippen LogP contribution in [0, 0.1) is 0 Å². The van der Waals surface area contributed by atoms with Crippen LogP contribution in [0.1, 0.15) is 0 Å². The number of hydrogen-bond donors (Lipinski definition) is 0. The zero-order chi connectivity index (χ0) is 77.1. The molecule has 116 heavy (non-hydrogen) atoms. The summed E-state index contributed by atoms with van der Waals surface area (Å²) in [4.78, 5) is 14.2. The number of nitrogens with zero attached hydrogens (tertiary/aromatic N) is 6. The van der Waals surface area contributed by atoms with Gasteiger partial charge in [-0.2, -0.15) is 0 Å². The van der Waals surface area contributed by atoms with Crippen molar-refractivity contribution in [2.75, 3.05) is 29.4 Å². The largest absolute Gasteiger partial charge is 0.310 e. The fourth-order valence-electron chi connectivity index (χ4n) is 16.6. The van der Waals surface area contributed by atoms with Crippen LogP contribution in [0.4, 0.5) is 102 Å². The summed E-state index contributed by atoms with van der Waals surface area (Å²) in [5.41, 5.74) is 23.6. The van der Waals surface area contributed by atoms with E-state index in [9.17, 15) is 0 Å². The second kappa shape index (κ2) is 31.0. The average Bonchev–Trinajstić information content (AvgIpc) is 0.773. The highest BCUT2D eigenvalue weighted by atomic mass is 15.2. The summed E-state index contributed by atoms with van der Waals surface area (Å²) in [6.45, 7) is 0. The molecule has 0 saturated carbocycles. The van der Waals surface area contributed by atoms with E-state index in [2.05, 4.69) is 503 Å². The molecule has 0 fully saturated rings. The smallest absolute Gasteiger partial charge is 0.0546 e. The van der Waals surface area contributed by atoms with E-state index in [1.54, 1.807) is 0 Å². The van der Waals surface area contributed by atoms with Crippen LogP contribution < -0.4 is 29.4 Å². The van der Waals surface area contributed by atoms with E-state index >= 15 is 0 Å². The van der Waals surface area contributed by atoms with E-state index in [-0.39, 0.29) is 0 Å². The molecular weight excluding hydrogens is 1410 g/mol. The Labute approximate surface area is 676 Å². The third-order valence-corrected chi connectivity index (χ3v) is 22.3. The lowest BCUT2D eigenvalue weighted by Crippen LogP contribution is -2.14. The molecule has 20 rings (SSSR count). The molecule has 0 aromatic heterocycles. The van der Waals surface area contributed by atoms with Crippen LogP contribution in [-0.4, -0.2) is 0 Å². The summed E-state index contributed by atoms with van der Waals surface area (Å²) in [5.74, 6) is 0. The van der Waals surface area contributed by atoms with E-state index in [0.29, 0.717) is 0 Å². The molecule has 0 unspecified atom stereocenters. The lowest BCUT2D eigenvalue weighted by atomic mass is 9.97. The number of para-hydroxylation sites is 4. The summed E-state index contributed by atoms with van der Waals surface area (Å²) in [7, 11) is 0. The van der Waals surface area contributed by atoms with Crippen LogP contribution in [-0.2, 0) is 0 Å². The molecule has 0 aliphatic carbocycles. The second-order valence-corrected chi connectivity index (χ2v) is 29.4. The Bertz CT molecular complexity index is 6690. The van der Waals surface area contributed by atoms with Crippen LogP contribution in [0.25, 0.3) is 76.1 Å². The number of rotatable bonds is 20. The second-order valence-electron chi connectivity index (χ2n) is 29.4. The Morgan fingerprint density at radius 3 is 0.681 bits per heavy atom. The summed E-state index contributed by atoms with van der Waals surface area (Å²) < 4.78 is 0. The molecule has 548 valence electrons. The normalized spacial score (nSPS) is 11.3. The van der Waals surface area contributed by atoms with Crippen molar-refractivity contribution in [1.29, 1.82) is 0 Å². The van der Waals surface area contributed by atoms with Crippen LogP contribution in [0.2, 0.25) is 0 Å². The molecule has 20 aromatic carbocycles. The van der Waals surface area contributed by atoms with Gasteiger partial charge >= 0.3 is 0 Å². The SMILES string of the molecule is c1ccc(N(c2ccc(N(c3ccc(N(c4ccccc4)c4ccc5ccccc5c4)cc3)c3ccc(N(c4ccc(-c5cc(N(c6ccccc6)c6ccc(-c7ccc(N(c8ccccc8)c8cccc9ccccc89)cc7)cc6)c6ccccc6c5)cc4)c4ccc5ccccc5c4)cc3)cc2)c2ccc3ccccc3c2)cc1. The Hall–Kier alpha value is -15.5. The quantitative estimate of drug-likeness (QED) is 0.0752. The molecule has 0 heterocycles. The average molecular weight is 1480 g/mol. The van der Waals surface area contributed by atoms with Crippen molar-refractivity contribution in [3.05, 3.63) is 473 Å². The van der Waals surface area contributed by atoms with E-state index in [1.807, 2.05) is 0 Å². The Morgan fingerprint density at radius 1 is 0.103 bits per heavy atom. The number of fused-ring (bicyclic) bond motifs is 5. The van der Waals surface area contributed by atoms with Gasteiger partial charge in [-0.3, -0.25) is 0 Å². The molecule has 0 radical (unpaired) electrons.